The average molecular weight is 240 g/mol. The number of benzene rings is 1. The summed E-state index contributed by atoms with van der Waals surface area (Å²) >= 11 is 0. The van der Waals surface area contributed by atoms with Gasteiger partial charge in [0.2, 0.25) is 0 Å². The number of rotatable bonds is 6. The topological polar surface area (TPSA) is 75.3 Å². The number of halogens is 1. The molecule has 0 amide bonds. The fourth-order valence-corrected chi connectivity index (χ4v) is 1.52. The van der Waals surface area contributed by atoms with Gasteiger partial charge in [0.15, 0.2) is 0 Å². The second-order valence-corrected chi connectivity index (χ2v) is 4.01. The maximum atomic E-state index is 12.8. The Morgan fingerprint density at radius 1 is 1.47 bits per heavy atom. The molecular weight excluding hydrogens is 223 g/mol. The smallest absolute Gasteiger partial charge is 0.328 e. The van der Waals surface area contributed by atoms with E-state index in [2.05, 4.69) is 5.32 Å². The summed E-state index contributed by atoms with van der Waals surface area (Å²) in [6.07, 6.45) is 0.685. The highest BCUT2D eigenvalue weighted by atomic mass is 19.1. The first-order chi connectivity index (χ1) is 8.00. The lowest BCUT2D eigenvalue weighted by atomic mass is 9.92. The van der Waals surface area contributed by atoms with Crippen molar-refractivity contribution in [3.63, 3.8) is 0 Å². The highest BCUT2D eigenvalue weighted by Gasteiger charge is 2.34. The number of hydrogen-bond acceptors (Lipinski definition) is 3. The van der Waals surface area contributed by atoms with Gasteiger partial charge in [-0.25, -0.2) is 9.18 Å². The molecule has 5 heteroatoms. The third-order valence-electron chi connectivity index (χ3n) is 2.71. The molecular formula is C12H17FN2O2. The van der Waals surface area contributed by atoms with E-state index >= 15 is 0 Å². The van der Waals surface area contributed by atoms with Gasteiger partial charge in [-0.1, -0.05) is 12.1 Å². The fourth-order valence-electron chi connectivity index (χ4n) is 1.52. The summed E-state index contributed by atoms with van der Waals surface area (Å²) in [5.41, 5.74) is 4.65. The van der Waals surface area contributed by atoms with Crippen LogP contribution in [0.4, 0.5) is 4.39 Å². The number of aliphatic carboxylic acids is 1. The molecule has 0 heterocycles. The van der Waals surface area contributed by atoms with Crippen molar-refractivity contribution in [2.45, 2.75) is 18.9 Å². The molecule has 0 fully saturated rings. The van der Waals surface area contributed by atoms with E-state index in [-0.39, 0.29) is 5.82 Å². The molecule has 0 aliphatic rings. The standard InChI is InChI=1S/C12H17FN2O2/c1-12(11(16)17,15-8-2-7-14)9-3-5-10(13)6-4-9/h3-6,15H,2,7-8,14H2,1H3,(H,16,17). The Morgan fingerprint density at radius 3 is 2.53 bits per heavy atom. The molecule has 0 saturated carbocycles. The Kier molecular flexibility index (Phi) is 4.60. The van der Waals surface area contributed by atoms with Crippen molar-refractivity contribution in [2.75, 3.05) is 13.1 Å². The molecule has 0 bridgehead atoms. The third-order valence-corrected chi connectivity index (χ3v) is 2.71. The van der Waals surface area contributed by atoms with Gasteiger partial charge in [-0.15, -0.1) is 0 Å². The Morgan fingerprint density at radius 2 is 2.06 bits per heavy atom. The van der Waals surface area contributed by atoms with Crippen LogP contribution in [-0.4, -0.2) is 24.2 Å². The van der Waals surface area contributed by atoms with Crippen LogP contribution in [0.15, 0.2) is 24.3 Å². The SMILES string of the molecule is CC(NCCCN)(C(=O)O)c1ccc(F)cc1. The quantitative estimate of drug-likeness (QED) is 0.650. The summed E-state index contributed by atoms with van der Waals surface area (Å²) in [4.78, 5) is 11.3. The zero-order chi connectivity index (χ0) is 12.9. The minimum Gasteiger partial charge on any atom is -0.480 e. The van der Waals surface area contributed by atoms with Crippen molar-refractivity contribution < 1.29 is 14.3 Å². The number of carboxylic acids is 1. The average Bonchev–Trinajstić information content (AvgIpc) is 2.29. The van der Waals surface area contributed by atoms with Crippen molar-refractivity contribution in [3.8, 4) is 0 Å². The van der Waals surface area contributed by atoms with E-state index in [1.54, 1.807) is 6.92 Å². The van der Waals surface area contributed by atoms with Crippen molar-refractivity contribution in [1.82, 2.24) is 5.32 Å². The van der Waals surface area contributed by atoms with Gasteiger partial charge in [0, 0.05) is 0 Å². The van der Waals surface area contributed by atoms with Crippen molar-refractivity contribution in [3.05, 3.63) is 35.6 Å². The van der Waals surface area contributed by atoms with Crippen LogP contribution in [-0.2, 0) is 10.3 Å². The van der Waals surface area contributed by atoms with Crippen molar-refractivity contribution in [2.24, 2.45) is 5.73 Å². The highest BCUT2D eigenvalue weighted by Crippen LogP contribution is 2.21. The van der Waals surface area contributed by atoms with Gasteiger partial charge in [0.05, 0.1) is 0 Å². The fraction of sp³-hybridized carbons (Fsp3) is 0.417. The van der Waals surface area contributed by atoms with Gasteiger partial charge in [-0.05, 0) is 44.1 Å². The lowest BCUT2D eigenvalue weighted by Gasteiger charge is -2.26. The molecule has 17 heavy (non-hydrogen) atoms. The molecule has 0 spiro atoms. The summed E-state index contributed by atoms with van der Waals surface area (Å²) in [5, 5.41) is 12.2. The van der Waals surface area contributed by atoms with E-state index < -0.39 is 11.5 Å². The van der Waals surface area contributed by atoms with Crippen LogP contribution in [0.5, 0.6) is 0 Å². The minimum absolute atomic E-state index is 0.386. The summed E-state index contributed by atoms with van der Waals surface area (Å²) in [6, 6.07) is 5.44. The molecule has 0 saturated heterocycles. The van der Waals surface area contributed by atoms with Gasteiger partial charge >= 0.3 is 5.97 Å². The zero-order valence-electron chi connectivity index (χ0n) is 9.74. The van der Waals surface area contributed by atoms with Crippen LogP contribution in [0, 0.1) is 5.82 Å². The summed E-state index contributed by atoms with van der Waals surface area (Å²) < 4.78 is 12.8. The molecule has 1 atom stereocenters. The first kappa shape index (κ1) is 13.6. The molecule has 1 unspecified atom stereocenters. The lowest BCUT2D eigenvalue weighted by molar-refractivity contribution is -0.144. The van der Waals surface area contributed by atoms with E-state index in [4.69, 9.17) is 5.73 Å². The van der Waals surface area contributed by atoms with Crippen LogP contribution in [0.25, 0.3) is 0 Å². The van der Waals surface area contributed by atoms with Gasteiger partial charge < -0.3 is 10.8 Å². The van der Waals surface area contributed by atoms with Crippen LogP contribution < -0.4 is 11.1 Å². The molecule has 4 nitrogen and oxygen atoms in total. The number of carboxylic acid groups (broad SMARTS) is 1. The molecule has 0 aromatic heterocycles. The predicted molar refractivity (Wildman–Crippen MR) is 63.1 cm³/mol. The van der Waals surface area contributed by atoms with Crippen LogP contribution in [0.3, 0.4) is 0 Å². The lowest BCUT2D eigenvalue weighted by Crippen LogP contribution is -2.47. The Balaban J connectivity index is 2.90. The molecule has 94 valence electrons. The number of carbonyl (C=O) groups is 1. The monoisotopic (exact) mass is 240 g/mol. The van der Waals surface area contributed by atoms with E-state index in [1.165, 1.54) is 24.3 Å². The van der Waals surface area contributed by atoms with Crippen LogP contribution in [0.1, 0.15) is 18.9 Å². The molecule has 4 N–H and O–H groups in total. The largest absolute Gasteiger partial charge is 0.480 e. The Bertz CT molecular complexity index is 381. The van der Waals surface area contributed by atoms with Gasteiger partial charge in [0.1, 0.15) is 11.4 Å². The second-order valence-electron chi connectivity index (χ2n) is 4.01. The first-order valence-corrected chi connectivity index (χ1v) is 5.45. The normalized spacial score (nSPS) is 14.3. The Labute approximate surface area is 99.6 Å². The van der Waals surface area contributed by atoms with E-state index in [1.807, 2.05) is 0 Å². The predicted octanol–water partition coefficient (Wildman–Crippen LogP) is 1.06. The summed E-state index contributed by atoms with van der Waals surface area (Å²) in [6.45, 7) is 2.54. The number of nitrogens with one attached hydrogen (secondary N) is 1. The number of nitrogens with two attached hydrogens (primary N) is 1. The van der Waals surface area contributed by atoms with Crippen LogP contribution >= 0.6 is 0 Å². The van der Waals surface area contributed by atoms with Crippen molar-refractivity contribution >= 4 is 5.97 Å². The Hall–Kier alpha value is -1.46. The zero-order valence-corrected chi connectivity index (χ0v) is 9.74. The van der Waals surface area contributed by atoms with Gasteiger partial charge in [0.25, 0.3) is 0 Å². The van der Waals surface area contributed by atoms with E-state index in [0.717, 1.165) is 0 Å². The third kappa shape index (κ3) is 3.25. The second kappa shape index (κ2) is 5.75. The molecule has 0 aliphatic heterocycles. The molecule has 1 aromatic rings. The summed E-state index contributed by atoms with van der Waals surface area (Å²) in [7, 11) is 0. The molecule has 1 rings (SSSR count). The maximum absolute atomic E-state index is 12.8. The van der Waals surface area contributed by atoms with E-state index in [0.29, 0.717) is 25.1 Å². The van der Waals surface area contributed by atoms with E-state index in [9.17, 15) is 14.3 Å². The van der Waals surface area contributed by atoms with Crippen LogP contribution in [0.2, 0.25) is 0 Å². The first-order valence-electron chi connectivity index (χ1n) is 5.45. The van der Waals surface area contributed by atoms with Crippen molar-refractivity contribution in [1.29, 1.82) is 0 Å². The molecule has 1 aromatic carbocycles. The van der Waals surface area contributed by atoms with Gasteiger partial charge in [-0.2, -0.15) is 0 Å². The summed E-state index contributed by atoms with van der Waals surface area (Å²) in [5.74, 6) is -1.38. The molecule has 0 aliphatic carbocycles. The van der Waals surface area contributed by atoms with Gasteiger partial charge in [-0.3, -0.25) is 5.32 Å². The number of hydrogen-bond donors (Lipinski definition) is 3. The minimum atomic E-state index is -1.22. The molecule has 0 radical (unpaired) electrons. The maximum Gasteiger partial charge on any atom is 0.328 e. The highest BCUT2D eigenvalue weighted by molar-refractivity contribution is 5.80.